The number of aromatic nitrogens is 2. The highest BCUT2D eigenvalue weighted by Gasteiger charge is 2.42. The second kappa shape index (κ2) is 7.21. The fourth-order valence-electron chi connectivity index (χ4n) is 4.71. The molecule has 0 bridgehead atoms. The van der Waals surface area contributed by atoms with E-state index in [0.717, 1.165) is 51.5 Å². The predicted molar refractivity (Wildman–Crippen MR) is 119 cm³/mol. The molecule has 1 aromatic carbocycles. The van der Waals surface area contributed by atoms with Crippen LogP contribution in [0.4, 0.5) is 0 Å². The number of aryl methyl sites for hydroxylation is 1. The average molecular weight is 418 g/mol. The van der Waals surface area contributed by atoms with Gasteiger partial charge in [-0.3, -0.25) is 4.98 Å². The van der Waals surface area contributed by atoms with Crippen LogP contribution in [0.1, 0.15) is 40.0 Å². The lowest BCUT2D eigenvalue weighted by Gasteiger charge is -2.43. The van der Waals surface area contributed by atoms with E-state index in [0.29, 0.717) is 25.1 Å². The molecule has 1 fully saturated rings. The van der Waals surface area contributed by atoms with Gasteiger partial charge in [-0.2, -0.15) is 0 Å². The molecule has 0 saturated carbocycles. The summed E-state index contributed by atoms with van der Waals surface area (Å²) in [7, 11) is 1.64. The number of carbonyl (C=O) groups is 1. The zero-order valence-corrected chi connectivity index (χ0v) is 17.7. The number of methoxy groups -OCH3 is 1. The van der Waals surface area contributed by atoms with Crippen molar-refractivity contribution in [3.05, 3.63) is 58.9 Å². The van der Waals surface area contributed by atoms with Gasteiger partial charge < -0.3 is 25.9 Å². The molecule has 0 amide bonds. The molecule has 1 saturated heterocycles. The molecule has 1 aliphatic heterocycles. The Hall–Kier alpha value is -3.16. The van der Waals surface area contributed by atoms with Crippen molar-refractivity contribution in [1.29, 1.82) is 0 Å². The first-order chi connectivity index (χ1) is 14.9. The third-order valence-electron chi connectivity index (χ3n) is 6.84. The SMILES string of the molecule is COc1ccc(-c2cc3c(cn2)CCc2c-3[nH]c(C(C)C3(N)CNC3)c2C(=O)O)cc1. The standard InChI is InChI=1S/C24H26N4O3/c1-13(24(25)11-26-12-24)21-20(23(29)30)17-8-5-15-10-27-19(9-18(15)22(17)28-21)14-3-6-16(31-2)7-4-14/h3-4,6-7,9-10,13,26,28H,5,8,11-12,25H2,1-2H3,(H,29,30). The van der Waals surface area contributed by atoms with Gasteiger partial charge in [-0.15, -0.1) is 0 Å². The Morgan fingerprint density at radius 1 is 1.26 bits per heavy atom. The van der Waals surface area contributed by atoms with Gasteiger partial charge in [-0.05, 0) is 54.3 Å². The maximum atomic E-state index is 12.3. The smallest absolute Gasteiger partial charge is 0.337 e. The van der Waals surface area contributed by atoms with Gasteiger partial charge in [0.2, 0.25) is 0 Å². The van der Waals surface area contributed by atoms with E-state index in [1.165, 1.54) is 0 Å². The van der Waals surface area contributed by atoms with Gasteiger partial charge >= 0.3 is 5.97 Å². The van der Waals surface area contributed by atoms with Crippen LogP contribution >= 0.6 is 0 Å². The number of hydrogen-bond acceptors (Lipinski definition) is 5. The lowest BCUT2D eigenvalue weighted by Crippen LogP contribution is -2.68. The van der Waals surface area contributed by atoms with E-state index in [4.69, 9.17) is 10.5 Å². The van der Waals surface area contributed by atoms with E-state index in [-0.39, 0.29) is 5.92 Å². The first kappa shape index (κ1) is 19.8. The van der Waals surface area contributed by atoms with Crippen LogP contribution in [0.15, 0.2) is 36.5 Å². The van der Waals surface area contributed by atoms with Crippen molar-refractivity contribution in [1.82, 2.24) is 15.3 Å². The molecule has 3 heterocycles. The quantitative estimate of drug-likeness (QED) is 0.507. The molecule has 160 valence electrons. The molecule has 2 aromatic heterocycles. The predicted octanol–water partition coefficient (Wildman–Crippen LogP) is 2.95. The maximum Gasteiger partial charge on any atom is 0.337 e. The summed E-state index contributed by atoms with van der Waals surface area (Å²) in [6.07, 6.45) is 3.34. The molecule has 0 radical (unpaired) electrons. The molecule has 5 N–H and O–H groups in total. The minimum absolute atomic E-state index is 0.100. The van der Waals surface area contributed by atoms with Crippen LogP contribution < -0.4 is 15.8 Å². The van der Waals surface area contributed by atoms with E-state index in [2.05, 4.69) is 21.4 Å². The van der Waals surface area contributed by atoms with Crippen molar-refractivity contribution in [3.63, 3.8) is 0 Å². The molecular weight excluding hydrogens is 392 g/mol. The molecule has 0 spiro atoms. The van der Waals surface area contributed by atoms with Crippen molar-refractivity contribution >= 4 is 5.97 Å². The van der Waals surface area contributed by atoms with E-state index in [1.807, 2.05) is 37.4 Å². The normalized spacial score (nSPS) is 17.3. The highest BCUT2D eigenvalue weighted by molar-refractivity contribution is 5.95. The van der Waals surface area contributed by atoms with Gasteiger partial charge in [-0.1, -0.05) is 6.92 Å². The molecule has 5 rings (SSSR count). The summed E-state index contributed by atoms with van der Waals surface area (Å²) in [5.74, 6) is -0.209. The lowest BCUT2D eigenvalue weighted by atomic mass is 9.77. The van der Waals surface area contributed by atoms with E-state index < -0.39 is 11.5 Å². The first-order valence-corrected chi connectivity index (χ1v) is 10.5. The average Bonchev–Trinajstić information content (AvgIpc) is 3.17. The van der Waals surface area contributed by atoms with Crippen LogP contribution in [0.25, 0.3) is 22.5 Å². The van der Waals surface area contributed by atoms with Gasteiger partial charge in [0.25, 0.3) is 0 Å². The number of aromatic carboxylic acids is 1. The summed E-state index contributed by atoms with van der Waals surface area (Å²) in [4.78, 5) is 20.4. The van der Waals surface area contributed by atoms with Crippen molar-refractivity contribution < 1.29 is 14.6 Å². The van der Waals surface area contributed by atoms with E-state index in [9.17, 15) is 9.90 Å². The highest BCUT2D eigenvalue weighted by Crippen LogP contribution is 2.41. The van der Waals surface area contributed by atoms with E-state index in [1.54, 1.807) is 7.11 Å². The minimum Gasteiger partial charge on any atom is -0.497 e. The third kappa shape index (κ3) is 3.12. The van der Waals surface area contributed by atoms with Crippen LogP contribution in [0.3, 0.4) is 0 Å². The zero-order chi connectivity index (χ0) is 21.8. The number of hydrogen-bond donors (Lipinski definition) is 4. The van der Waals surface area contributed by atoms with E-state index >= 15 is 0 Å². The Bertz CT molecular complexity index is 1160. The number of carboxylic acids is 1. The Morgan fingerprint density at radius 3 is 2.61 bits per heavy atom. The Labute approximate surface area is 180 Å². The van der Waals surface area contributed by atoms with Crippen LogP contribution in [-0.4, -0.2) is 46.8 Å². The second-order valence-electron chi connectivity index (χ2n) is 8.59. The number of nitrogens with two attached hydrogens (primary N) is 1. The van der Waals surface area contributed by atoms with Crippen molar-refractivity contribution in [3.8, 4) is 28.3 Å². The summed E-state index contributed by atoms with van der Waals surface area (Å²) < 4.78 is 5.25. The molecular formula is C24H26N4O3. The lowest BCUT2D eigenvalue weighted by molar-refractivity contribution is 0.0693. The monoisotopic (exact) mass is 418 g/mol. The number of carboxylic acid groups (broad SMARTS) is 1. The third-order valence-corrected chi connectivity index (χ3v) is 6.84. The molecule has 1 aliphatic carbocycles. The fraction of sp³-hybridized carbons (Fsp3) is 0.333. The van der Waals surface area contributed by atoms with Gasteiger partial charge in [0.1, 0.15) is 5.75 Å². The number of aromatic amines is 1. The number of benzene rings is 1. The van der Waals surface area contributed by atoms with Crippen molar-refractivity contribution in [2.45, 2.75) is 31.2 Å². The number of nitrogens with one attached hydrogen (secondary N) is 2. The molecule has 1 atom stereocenters. The number of fused-ring (bicyclic) bond motifs is 3. The Balaban J connectivity index is 1.62. The molecule has 3 aromatic rings. The highest BCUT2D eigenvalue weighted by atomic mass is 16.5. The van der Waals surface area contributed by atoms with Crippen LogP contribution in [0, 0.1) is 0 Å². The summed E-state index contributed by atoms with van der Waals surface area (Å²) in [5, 5.41) is 13.3. The fourth-order valence-corrected chi connectivity index (χ4v) is 4.71. The number of rotatable bonds is 5. The number of pyridine rings is 1. The molecule has 1 unspecified atom stereocenters. The summed E-state index contributed by atoms with van der Waals surface area (Å²) in [5.41, 5.74) is 12.9. The largest absolute Gasteiger partial charge is 0.497 e. The minimum atomic E-state index is -0.900. The Morgan fingerprint density at radius 2 is 2.00 bits per heavy atom. The van der Waals surface area contributed by atoms with Gasteiger partial charge in [-0.25, -0.2) is 4.79 Å². The van der Waals surface area contributed by atoms with Crippen LogP contribution in [0.2, 0.25) is 0 Å². The first-order valence-electron chi connectivity index (χ1n) is 10.5. The van der Waals surface area contributed by atoms with Gasteiger partial charge in [0, 0.05) is 47.6 Å². The van der Waals surface area contributed by atoms with Crippen molar-refractivity contribution in [2.75, 3.05) is 20.2 Å². The zero-order valence-electron chi connectivity index (χ0n) is 17.7. The summed E-state index contributed by atoms with van der Waals surface area (Å²) >= 11 is 0. The molecule has 2 aliphatic rings. The molecule has 7 heteroatoms. The second-order valence-corrected chi connectivity index (χ2v) is 8.59. The maximum absolute atomic E-state index is 12.3. The van der Waals surface area contributed by atoms with Crippen LogP contribution in [0.5, 0.6) is 5.75 Å². The number of nitrogens with zero attached hydrogens (tertiary/aromatic N) is 1. The van der Waals surface area contributed by atoms with Gasteiger partial charge in [0.05, 0.1) is 24.1 Å². The number of H-pyrrole nitrogens is 1. The van der Waals surface area contributed by atoms with Gasteiger partial charge in [0.15, 0.2) is 0 Å². The summed E-state index contributed by atoms with van der Waals surface area (Å²) in [6, 6.07) is 9.82. The molecule has 7 nitrogen and oxygen atoms in total. The summed E-state index contributed by atoms with van der Waals surface area (Å²) in [6.45, 7) is 3.37. The number of ether oxygens (including phenoxy) is 1. The molecule has 31 heavy (non-hydrogen) atoms. The topological polar surface area (TPSA) is 113 Å². The van der Waals surface area contributed by atoms with Crippen molar-refractivity contribution in [2.24, 2.45) is 5.73 Å². The van der Waals surface area contributed by atoms with Crippen LogP contribution in [-0.2, 0) is 12.8 Å². The Kier molecular flexibility index (Phi) is 4.60.